The molecule has 1 heterocycles. The molecule has 0 bridgehead atoms. The number of hydrogen-bond acceptors (Lipinski definition) is 4. The SMILES string of the molecule is COCC(C)N(C)C(=O)N1C[C@@H](O)C[C@H]1C(=O)O. The maximum Gasteiger partial charge on any atom is 0.326 e. The first-order valence-corrected chi connectivity index (χ1v) is 5.81. The van der Waals surface area contributed by atoms with Crippen LogP contribution in [0.15, 0.2) is 0 Å². The molecule has 1 aliphatic heterocycles. The second-order valence-electron chi connectivity index (χ2n) is 4.59. The highest BCUT2D eigenvalue weighted by atomic mass is 16.5. The normalized spacial score (nSPS) is 25.0. The molecule has 0 aromatic carbocycles. The van der Waals surface area contributed by atoms with Gasteiger partial charge in [0.25, 0.3) is 0 Å². The van der Waals surface area contributed by atoms with E-state index in [4.69, 9.17) is 9.84 Å². The van der Waals surface area contributed by atoms with E-state index in [1.54, 1.807) is 7.05 Å². The number of aliphatic hydroxyl groups is 1. The van der Waals surface area contributed by atoms with E-state index in [0.717, 1.165) is 0 Å². The number of carbonyl (C=O) groups excluding carboxylic acids is 1. The minimum absolute atomic E-state index is 0.0554. The van der Waals surface area contributed by atoms with E-state index in [1.165, 1.54) is 16.9 Å². The number of aliphatic hydroxyl groups excluding tert-OH is 1. The van der Waals surface area contributed by atoms with Gasteiger partial charge >= 0.3 is 12.0 Å². The first-order valence-electron chi connectivity index (χ1n) is 5.81. The van der Waals surface area contributed by atoms with Crippen LogP contribution in [0.4, 0.5) is 4.79 Å². The van der Waals surface area contributed by atoms with Crippen molar-refractivity contribution in [1.82, 2.24) is 9.80 Å². The third-order valence-corrected chi connectivity index (χ3v) is 3.18. The zero-order valence-corrected chi connectivity index (χ0v) is 10.9. The quantitative estimate of drug-likeness (QED) is 0.717. The van der Waals surface area contributed by atoms with Gasteiger partial charge in [-0.1, -0.05) is 0 Å². The fraction of sp³-hybridized carbons (Fsp3) is 0.818. The smallest absolute Gasteiger partial charge is 0.326 e. The van der Waals surface area contributed by atoms with Gasteiger partial charge in [-0.2, -0.15) is 0 Å². The molecule has 0 aliphatic carbocycles. The van der Waals surface area contributed by atoms with Gasteiger partial charge in [-0.05, 0) is 6.92 Å². The summed E-state index contributed by atoms with van der Waals surface area (Å²) in [4.78, 5) is 25.8. The van der Waals surface area contributed by atoms with Gasteiger partial charge < -0.3 is 24.7 Å². The number of carboxylic acid groups (broad SMARTS) is 1. The molecule has 1 fully saturated rings. The average Bonchev–Trinajstić information content (AvgIpc) is 2.69. The summed E-state index contributed by atoms with van der Waals surface area (Å²) in [5, 5.41) is 18.5. The molecule has 1 rings (SSSR count). The van der Waals surface area contributed by atoms with Crippen LogP contribution in [0.25, 0.3) is 0 Å². The number of nitrogens with zero attached hydrogens (tertiary/aromatic N) is 2. The van der Waals surface area contributed by atoms with E-state index in [9.17, 15) is 14.7 Å². The molecule has 1 unspecified atom stereocenters. The Kier molecular flexibility index (Phi) is 4.92. The Bertz CT molecular complexity index is 323. The van der Waals surface area contributed by atoms with Crippen molar-refractivity contribution in [2.75, 3.05) is 27.3 Å². The highest BCUT2D eigenvalue weighted by Crippen LogP contribution is 2.20. The van der Waals surface area contributed by atoms with E-state index in [1.807, 2.05) is 6.92 Å². The molecule has 1 aliphatic rings. The van der Waals surface area contributed by atoms with Gasteiger partial charge in [0, 0.05) is 27.1 Å². The molecule has 1 saturated heterocycles. The largest absolute Gasteiger partial charge is 0.480 e. The molecular formula is C11H20N2O5. The molecule has 3 atom stereocenters. The maximum absolute atomic E-state index is 12.1. The molecule has 18 heavy (non-hydrogen) atoms. The molecule has 7 heteroatoms. The number of likely N-dealkylation sites (N-methyl/N-ethyl adjacent to an activating group) is 1. The van der Waals surface area contributed by atoms with E-state index < -0.39 is 24.1 Å². The van der Waals surface area contributed by atoms with Gasteiger partial charge in [-0.15, -0.1) is 0 Å². The lowest BCUT2D eigenvalue weighted by Crippen LogP contribution is -2.50. The zero-order chi connectivity index (χ0) is 13.9. The molecule has 0 radical (unpaired) electrons. The van der Waals surface area contributed by atoms with Crippen molar-refractivity contribution < 1.29 is 24.5 Å². The minimum Gasteiger partial charge on any atom is -0.480 e. The Morgan fingerprint density at radius 1 is 1.56 bits per heavy atom. The Hall–Kier alpha value is -1.34. The third-order valence-electron chi connectivity index (χ3n) is 3.18. The van der Waals surface area contributed by atoms with Crippen LogP contribution in [0.5, 0.6) is 0 Å². The standard InChI is InChI=1S/C11H20N2O5/c1-7(6-18-3)12(2)11(17)13-5-8(14)4-9(13)10(15)16/h7-9,14H,4-6H2,1-3H3,(H,15,16)/t7?,8-,9-/m0/s1. The first-order chi connectivity index (χ1) is 8.38. The van der Waals surface area contributed by atoms with Gasteiger partial charge in [0.1, 0.15) is 6.04 Å². The Balaban J connectivity index is 2.73. The Morgan fingerprint density at radius 3 is 2.67 bits per heavy atom. The molecule has 2 amide bonds. The van der Waals surface area contributed by atoms with Crippen molar-refractivity contribution in [3.05, 3.63) is 0 Å². The van der Waals surface area contributed by atoms with Gasteiger partial charge in [0.2, 0.25) is 0 Å². The van der Waals surface area contributed by atoms with Crippen molar-refractivity contribution >= 4 is 12.0 Å². The summed E-state index contributed by atoms with van der Waals surface area (Å²) in [6.45, 7) is 2.24. The number of methoxy groups -OCH3 is 1. The number of urea groups is 1. The van der Waals surface area contributed by atoms with Crippen LogP contribution >= 0.6 is 0 Å². The number of aliphatic carboxylic acids is 1. The summed E-state index contributed by atoms with van der Waals surface area (Å²) in [6, 6.07) is -1.51. The maximum atomic E-state index is 12.1. The number of carboxylic acids is 1. The van der Waals surface area contributed by atoms with Crippen LogP contribution in [0.2, 0.25) is 0 Å². The summed E-state index contributed by atoms with van der Waals surface area (Å²) in [5.41, 5.74) is 0. The average molecular weight is 260 g/mol. The number of amides is 2. The second-order valence-corrected chi connectivity index (χ2v) is 4.59. The van der Waals surface area contributed by atoms with Crippen molar-refractivity contribution in [1.29, 1.82) is 0 Å². The molecule has 0 saturated carbocycles. The fourth-order valence-electron chi connectivity index (χ4n) is 2.00. The lowest BCUT2D eigenvalue weighted by molar-refractivity contribution is -0.141. The number of carbonyl (C=O) groups is 2. The zero-order valence-electron chi connectivity index (χ0n) is 10.9. The van der Waals surface area contributed by atoms with Crippen LogP contribution in [0, 0.1) is 0 Å². The van der Waals surface area contributed by atoms with E-state index >= 15 is 0 Å². The van der Waals surface area contributed by atoms with Gasteiger partial charge in [-0.25, -0.2) is 9.59 Å². The summed E-state index contributed by atoms with van der Waals surface area (Å²) < 4.78 is 4.95. The van der Waals surface area contributed by atoms with Gasteiger partial charge in [0.05, 0.1) is 18.8 Å². The molecule has 7 nitrogen and oxygen atoms in total. The minimum atomic E-state index is -1.09. The van der Waals surface area contributed by atoms with Crippen LogP contribution in [0.1, 0.15) is 13.3 Å². The van der Waals surface area contributed by atoms with Crippen molar-refractivity contribution in [3.63, 3.8) is 0 Å². The Labute approximate surface area is 106 Å². The number of β-amino-alcohol motifs (C(OH)–C–C–N with tert-alkyl or cyclic N) is 1. The topological polar surface area (TPSA) is 90.3 Å². The number of rotatable bonds is 4. The lowest BCUT2D eigenvalue weighted by atomic mass is 10.2. The van der Waals surface area contributed by atoms with Crippen LogP contribution in [-0.4, -0.2) is 77.5 Å². The number of likely N-dealkylation sites (tertiary alicyclic amines) is 1. The summed E-state index contributed by atoms with van der Waals surface area (Å²) in [6.07, 6.45) is -0.700. The van der Waals surface area contributed by atoms with Gasteiger partial charge in [0.15, 0.2) is 0 Å². The highest BCUT2D eigenvalue weighted by molar-refractivity contribution is 5.83. The molecule has 2 N–H and O–H groups in total. The van der Waals surface area contributed by atoms with Crippen molar-refractivity contribution in [2.24, 2.45) is 0 Å². The van der Waals surface area contributed by atoms with Crippen LogP contribution in [0.3, 0.4) is 0 Å². The van der Waals surface area contributed by atoms with Crippen molar-refractivity contribution in [2.45, 2.75) is 31.5 Å². The van der Waals surface area contributed by atoms with E-state index in [-0.39, 0.29) is 19.0 Å². The van der Waals surface area contributed by atoms with E-state index in [0.29, 0.717) is 6.61 Å². The summed E-state index contributed by atoms with van der Waals surface area (Å²) in [5.74, 6) is -1.09. The highest BCUT2D eigenvalue weighted by Gasteiger charge is 2.40. The lowest BCUT2D eigenvalue weighted by Gasteiger charge is -2.31. The molecular weight excluding hydrogens is 240 g/mol. The number of ether oxygens (including phenoxy) is 1. The van der Waals surface area contributed by atoms with Gasteiger partial charge in [-0.3, -0.25) is 0 Å². The predicted octanol–water partition coefficient (Wildman–Crippen LogP) is -0.407. The molecule has 104 valence electrons. The second kappa shape index (κ2) is 6.01. The number of hydrogen-bond donors (Lipinski definition) is 2. The predicted molar refractivity (Wildman–Crippen MR) is 63.3 cm³/mol. The van der Waals surface area contributed by atoms with Crippen LogP contribution < -0.4 is 0 Å². The third kappa shape index (κ3) is 3.11. The summed E-state index contributed by atoms with van der Waals surface area (Å²) >= 11 is 0. The first kappa shape index (κ1) is 14.7. The monoisotopic (exact) mass is 260 g/mol. The fourth-order valence-corrected chi connectivity index (χ4v) is 2.00. The Morgan fingerprint density at radius 2 is 2.17 bits per heavy atom. The van der Waals surface area contributed by atoms with E-state index in [2.05, 4.69) is 0 Å². The molecule has 0 aromatic heterocycles. The molecule has 0 spiro atoms. The molecule has 0 aromatic rings. The van der Waals surface area contributed by atoms with Crippen LogP contribution in [-0.2, 0) is 9.53 Å². The summed E-state index contributed by atoms with van der Waals surface area (Å²) in [7, 11) is 3.13. The van der Waals surface area contributed by atoms with Crippen molar-refractivity contribution in [3.8, 4) is 0 Å².